The fraction of sp³-hybridized carbons (Fsp3) is 0.438. The van der Waals surface area contributed by atoms with Crippen molar-refractivity contribution in [2.45, 2.75) is 45.2 Å². The quantitative estimate of drug-likeness (QED) is 0.881. The van der Waals surface area contributed by atoms with Crippen LogP contribution in [0.1, 0.15) is 50.0 Å². The van der Waals surface area contributed by atoms with Crippen LogP contribution in [0.4, 0.5) is 8.78 Å². The Morgan fingerprint density at radius 3 is 2.57 bits per heavy atom. The first-order valence-corrected chi connectivity index (χ1v) is 7.30. The average molecular weight is 293 g/mol. The Labute approximate surface area is 123 Å². The predicted octanol–water partition coefficient (Wildman–Crippen LogP) is 3.76. The molecule has 1 unspecified atom stereocenters. The average Bonchev–Trinajstić information content (AvgIpc) is 2.91. The topological polar surface area (TPSA) is 43.8 Å². The molecule has 0 radical (unpaired) electrons. The molecule has 0 aliphatic heterocycles. The first kappa shape index (κ1) is 15.6. The Bertz CT molecular complexity index is 591. The Kier molecular flexibility index (Phi) is 5.07. The number of nitrogens with two attached hydrogens (primary N) is 1. The maximum absolute atomic E-state index is 13.7. The van der Waals surface area contributed by atoms with Crippen molar-refractivity contribution in [1.82, 2.24) is 9.78 Å². The molecule has 0 aliphatic carbocycles. The molecule has 21 heavy (non-hydrogen) atoms. The summed E-state index contributed by atoms with van der Waals surface area (Å²) in [5.41, 5.74) is 6.97. The molecule has 5 heteroatoms. The number of hydrogen-bond acceptors (Lipinski definition) is 2. The second kappa shape index (κ2) is 6.80. The van der Waals surface area contributed by atoms with Gasteiger partial charge in [0, 0.05) is 24.2 Å². The van der Waals surface area contributed by atoms with Crippen molar-refractivity contribution in [3.05, 3.63) is 53.4 Å². The number of hydrogen-bond donors (Lipinski definition) is 1. The molecule has 0 saturated carbocycles. The van der Waals surface area contributed by atoms with Gasteiger partial charge in [0.15, 0.2) is 11.6 Å². The van der Waals surface area contributed by atoms with E-state index in [4.69, 9.17) is 5.73 Å². The molecule has 0 amide bonds. The van der Waals surface area contributed by atoms with Gasteiger partial charge in [0.1, 0.15) is 0 Å². The summed E-state index contributed by atoms with van der Waals surface area (Å²) in [6.45, 7) is 4.23. The fourth-order valence-electron chi connectivity index (χ4n) is 2.49. The molecule has 1 heterocycles. The lowest BCUT2D eigenvalue weighted by atomic mass is 10.0. The van der Waals surface area contributed by atoms with E-state index in [1.807, 2.05) is 16.9 Å². The number of rotatable bonds is 6. The van der Waals surface area contributed by atoms with Crippen molar-refractivity contribution in [2.75, 3.05) is 0 Å². The second-order valence-electron chi connectivity index (χ2n) is 5.21. The third kappa shape index (κ3) is 3.47. The molecular formula is C16H21F2N3. The maximum Gasteiger partial charge on any atom is 0.163 e. The van der Waals surface area contributed by atoms with E-state index in [1.165, 1.54) is 12.1 Å². The second-order valence-corrected chi connectivity index (χ2v) is 5.21. The predicted molar refractivity (Wildman–Crippen MR) is 78.8 cm³/mol. The summed E-state index contributed by atoms with van der Waals surface area (Å²) in [4.78, 5) is 0. The minimum Gasteiger partial charge on any atom is -0.324 e. The van der Waals surface area contributed by atoms with Crippen molar-refractivity contribution in [1.29, 1.82) is 0 Å². The first-order chi connectivity index (χ1) is 10.1. The fourth-order valence-corrected chi connectivity index (χ4v) is 2.49. The Balaban J connectivity index is 2.13. The third-order valence-corrected chi connectivity index (χ3v) is 3.79. The lowest BCUT2D eigenvalue weighted by Gasteiger charge is -2.14. The van der Waals surface area contributed by atoms with E-state index in [2.05, 4.69) is 18.9 Å². The van der Waals surface area contributed by atoms with Gasteiger partial charge in [0.05, 0.1) is 11.7 Å². The van der Waals surface area contributed by atoms with Gasteiger partial charge in [-0.05, 0) is 25.0 Å². The molecular weight excluding hydrogens is 272 g/mol. The molecule has 0 spiro atoms. The highest BCUT2D eigenvalue weighted by atomic mass is 19.2. The van der Waals surface area contributed by atoms with E-state index in [0.717, 1.165) is 24.6 Å². The lowest BCUT2D eigenvalue weighted by molar-refractivity contribution is 0.424. The number of benzene rings is 1. The SMILES string of the molecule is CCC(CC)n1ccc(CC(N)c2cccc(F)c2F)n1. The monoisotopic (exact) mass is 293 g/mol. The molecule has 114 valence electrons. The number of aromatic nitrogens is 2. The number of halogens is 2. The van der Waals surface area contributed by atoms with Gasteiger partial charge in [0.25, 0.3) is 0 Å². The van der Waals surface area contributed by atoms with E-state index in [9.17, 15) is 8.78 Å². The van der Waals surface area contributed by atoms with Gasteiger partial charge in [-0.15, -0.1) is 0 Å². The summed E-state index contributed by atoms with van der Waals surface area (Å²) in [5.74, 6) is -1.74. The minimum absolute atomic E-state index is 0.187. The highest BCUT2D eigenvalue weighted by Crippen LogP contribution is 2.21. The van der Waals surface area contributed by atoms with Gasteiger partial charge in [-0.3, -0.25) is 4.68 Å². The van der Waals surface area contributed by atoms with Crippen LogP contribution in [-0.2, 0) is 6.42 Å². The van der Waals surface area contributed by atoms with Crippen LogP contribution in [0.5, 0.6) is 0 Å². The van der Waals surface area contributed by atoms with Crippen molar-refractivity contribution in [3.8, 4) is 0 Å². The summed E-state index contributed by atoms with van der Waals surface area (Å²) >= 11 is 0. The molecule has 2 N–H and O–H groups in total. The van der Waals surface area contributed by atoms with E-state index in [-0.39, 0.29) is 5.56 Å². The molecule has 0 saturated heterocycles. The van der Waals surface area contributed by atoms with Gasteiger partial charge >= 0.3 is 0 Å². The zero-order valence-corrected chi connectivity index (χ0v) is 12.4. The van der Waals surface area contributed by atoms with Gasteiger partial charge in [-0.1, -0.05) is 26.0 Å². The molecule has 3 nitrogen and oxygen atoms in total. The van der Waals surface area contributed by atoms with Crippen LogP contribution in [0.2, 0.25) is 0 Å². The van der Waals surface area contributed by atoms with E-state index >= 15 is 0 Å². The van der Waals surface area contributed by atoms with Gasteiger partial charge < -0.3 is 5.73 Å². The minimum atomic E-state index is -0.871. The molecule has 2 aromatic rings. The summed E-state index contributed by atoms with van der Waals surface area (Å²) in [7, 11) is 0. The lowest BCUT2D eigenvalue weighted by Crippen LogP contribution is -2.16. The zero-order valence-electron chi connectivity index (χ0n) is 12.4. The molecule has 0 aliphatic rings. The molecule has 1 aromatic carbocycles. The number of nitrogens with zero attached hydrogens (tertiary/aromatic N) is 2. The highest BCUT2D eigenvalue weighted by Gasteiger charge is 2.17. The summed E-state index contributed by atoms with van der Waals surface area (Å²) in [6.07, 6.45) is 4.31. The third-order valence-electron chi connectivity index (χ3n) is 3.79. The van der Waals surface area contributed by atoms with Crippen LogP contribution in [0.25, 0.3) is 0 Å². The van der Waals surface area contributed by atoms with Crippen molar-refractivity contribution < 1.29 is 8.78 Å². The van der Waals surface area contributed by atoms with Crippen LogP contribution in [0.15, 0.2) is 30.5 Å². The van der Waals surface area contributed by atoms with Crippen LogP contribution in [-0.4, -0.2) is 9.78 Å². The maximum atomic E-state index is 13.7. The Morgan fingerprint density at radius 2 is 1.90 bits per heavy atom. The zero-order chi connectivity index (χ0) is 15.4. The Morgan fingerprint density at radius 1 is 1.19 bits per heavy atom. The van der Waals surface area contributed by atoms with Crippen LogP contribution in [0.3, 0.4) is 0 Å². The molecule has 0 bridgehead atoms. The van der Waals surface area contributed by atoms with Gasteiger partial charge in [-0.2, -0.15) is 5.10 Å². The normalized spacial score (nSPS) is 12.9. The summed E-state index contributed by atoms with van der Waals surface area (Å²) in [5, 5.41) is 4.49. The molecule has 2 rings (SSSR count). The summed E-state index contributed by atoms with van der Waals surface area (Å²) < 4.78 is 28.9. The van der Waals surface area contributed by atoms with Gasteiger partial charge in [0.2, 0.25) is 0 Å². The van der Waals surface area contributed by atoms with E-state index < -0.39 is 17.7 Å². The van der Waals surface area contributed by atoms with Crippen LogP contribution in [0, 0.1) is 11.6 Å². The van der Waals surface area contributed by atoms with Gasteiger partial charge in [-0.25, -0.2) is 8.78 Å². The molecule has 0 fully saturated rings. The van der Waals surface area contributed by atoms with Crippen molar-refractivity contribution in [3.63, 3.8) is 0 Å². The molecule has 1 atom stereocenters. The highest BCUT2D eigenvalue weighted by molar-refractivity contribution is 5.23. The Hall–Kier alpha value is -1.75. The smallest absolute Gasteiger partial charge is 0.163 e. The largest absolute Gasteiger partial charge is 0.324 e. The van der Waals surface area contributed by atoms with E-state index in [1.54, 1.807) is 0 Å². The van der Waals surface area contributed by atoms with Crippen LogP contribution >= 0.6 is 0 Å². The van der Waals surface area contributed by atoms with Crippen molar-refractivity contribution in [2.24, 2.45) is 5.73 Å². The van der Waals surface area contributed by atoms with Crippen molar-refractivity contribution >= 4 is 0 Å². The standard InChI is InChI=1S/C16H21F2N3/c1-3-12(4-2)21-9-8-11(20-21)10-15(19)13-6-5-7-14(17)16(13)18/h5-9,12,15H,3-4,10,19H2,1-2H3. The van der Waals surface area contributed by atoms with E-state index in [0.29, 0.717) is 12.5 Å². The first-order valence-electron chi connectivity index (χ1n) is 7.30. The molecule has 1 aromatic heterocycles. The summed E-state index contributed by atoms with van der Waals surface area (Å²) in [6, 6.07) is 5.71. The van der Waals surface area contributed by atoms with Crippen LogP contribution < -0.4 is 5.73 Å².